The normalized spacial score (nSPS) is 10.4. The van der Waals surface area contributed by atoms with Crippen molar-refractivity contribution in [2.24, 2.45) is 0 Å². The largest absolute Gasteiger partial charge is 0.495 e. The van der Waals surface area contributed by atoms with Crippen LogP contribution in [-0.2, 0) is 6.42 Å². The number of anilines is 3. The van der Waals surface area contributed by atoms with Crippen molar-refractivity contribution in [3.63, 3.8) is 0 Å². The maximum atomic E-state index is 10.0. The van der Waals surface area contributed by atoms with Gasteiger partial charge in [0.2, 0.25) is 5.88 Å². The van der Waals surface area contributed by atoms with Gasteiger partial charge >= 0.3 is 0 Å². The van der Waals surface area contributed by atoms with Crippen molar-refractivity contribution in [3.05, 3.63) is 59.5 Å². The van der Waals surface area contributed by atoms with Gasteiger partial charge in [-0.15, -0.1) is 0 Å². The lowest BCUT2D eigenvalue weighted by molar-refractivity contribution is 0.417. The second-order valence-electron chi connectivity index (χ2n) is 5.13. The van der Waals surface area contributed by atoms with E-state index in [1.54, 1.807) is 7.11 Å². The van der Waals surface area contributed by atoms with Crippen molar-refractivity contribution in [2.75, 3.05) is 24.3 Å². The SMILES string of the molecule is COc1ccccc1Nc1nc(O)c(CCNc2ccccc2)s1. The van der Waals surface area contributed by atoms with Crippen molar-refractivity contribution in [1.82, 2.24) is 4.98 Å². The molecule has 0 radical (unpaired) electrons. The second-order valence-corrected chi connectivity index (χ2v) is 6.22. The number of nitrogens with zero attached hydrogens (tertiary/aromatic N) is 1. The first-order chi connectivity index (χ1) is 11.8. The van der Waals surface area contributed by atoms with Gasteiger partial charge in [-0.25, -0.2) is 0 Å². The predicted octanol–water partition coefficient (Wildman–Crippen LogP) is 4.26. The third kappa shape index (κ3) is 3.97. The van der Waals surface area contributed by atoms with Gasteiger partial charge in [-0.1, -0.05) is 41.7 Å². The third-order valence-electron chi connectivity index (χ3n) is 3.48. The zero-order valence-electron chi connectivity index (χ0n) is 13.3. The van der Waals surface area contributed by atoms with Crippen LogP contribution >= 0.6 is 11.3 Å². The minimum atomic E-state index is 0.0762. The van der Waals surface area contributed by atoms with E-state index in [-0.39, 0.29) is 5.88 Å². The number of methoxy groups -OCH3 is 1. The topological polar surface area (TPSA) is 66.4 Å². The van der Waals surface area contributed by atoms with Gasteiger partial charge in [0.15, 0.2) is 5.13 Å². The summed E-state index contributed by atoms with van der Waals surface area (Å²) < 4.78 is 5.31. The summed E-state index contributed by atoms with van der Waals surface area (Å²) in [6, 6.07) is 17.6. The minimum absolute atomic E-state index is 0.0762. The van der Waals surface area contributed by atoms with E-state index in [1.807, 2.05) is 54.6 Å². The summed E-state index contributed by atoms with van der Waals surface area (Å²) in [7, 11) is 1.63. The monoisotopic (exact) mass is 341 g/mol. The summed E-state index contributed by atoms with van der Waals surface area (Å²) in [5.41, 5.74) is 1.89. The van der Waals surface area contributed by atoms with Crippen LogP contribution in [0.15, 0.2) is 54.6 Å². The average molecular weight is 341 g/mol. The van der Waals surface area contributed by atoms with E-state index in [0.29, 0.717) is 11.6 Å². The number of ether oxygens (including phenoxy) is 1. The van der Waals surface area contributed by atoms with E-state index in [1.165, 1.54) is 11.3 Å². The zero-order valence-corrected chi connectivity index (χ0v) is 14.1. The summed E-state index contributed by atoms with van der Waals surface area (Å²) >= 11 is 1.44. The lowest BCUT2D eigenvalue weighted by Gasteiger charge is -2.07. The quantitative estimate of drug-likeness (QED) is 0.599. The molecule has 3 rings (SSSR count). The molecule has 0 unspecified atom stereocenters. The summed E-state index contributed by atoms with van der Waals surface area (Å²) in [4.78, 5) is 5.03. The Kier molecular flexibility index (Phi) is 5.18. The highest BCUT2D eigenvalue weighted by Gasteiger charge is 2.11. The second kappa shape index (κ2) is 7.70. The number of para-hydroxylation sites is 3. The molecule has 2 aromatic carbocycles. The molecule has 6 heteroatoms. The van der Waals surface area contributed by atoms with Crippen LogP contribution in [0.1, 0.15) is 4.88 Å². The summed E-state index contributed by atoms with van der Waals surface area (Å²) in [5.74, 6) is 0.812. The van der Waals surface area contributed by atoms with Gasteiger partial charge in [0, 0.05) is 18.7 Å². The molecule has 0 saturated heterocycles. The number of hydrogen-bond acceptors (Lipinski definition) is 6. The van der Waals surface area contributed by atoms with Gasteiger partial charge in [0.1, 0.15) is 5.75 Å². The molecule has 0 aliphatic heterocycles. The molecule has 3 N–H and O–H groups in total. The molecule has 0 aliphatic carbocycles. The predicted molar refractivity (Wildman–Crippen MR) is 98.7 cm³/mol. The molecule has 0 amide bonds. The van der Waals surface area contributed by atoms with Crippen LogP contribution in [0.5, 0.6) is 11.6 Å². The molecule has 5 nitrogen and oxygen atoms in total. The standard InChI is InChI=1S/C18H19N3O2S/c1-23-15-10-6-5-9-14(15)20-18-21-17(22)16(24-18)11-12-19-13-7-3-2-4-8-13/h2-10,19,22H,11-12H2,1H3,(H,20,21). The first kappa shape index (κ1) is 16.1. The van der Waals surface area contributed by atoms with Crippen LogP contribution in [0.3, 0.4) is 0 Å². The number of benzene rings is 2. The first-order valence-corrected chi connectivity index (χ1v) is 8.45. The molecule has 1 aromatic heterocycles. The van der Waals surface area contributed by atoms with Gasteiger partial charge in [0.25, 0.3) is 0 Å². The zero-order chi connectivity index (χ0) is 16.8. The van der Waals surface area contributed by atoms with E-state index in [2.05, 4.69) is 15.6 Å². The fraction of sp³-hybridized carbons (Fsp3) is 0.167. The highest BCUT2D eigenvalue weighted by atomic mass is 32.1. The van der Waals surface area contributed by atoms with Gasteiger partial charge in [-0.2, -0.15) is 4.98 Å². The molecule has 0 bridgehead atoms. The maximum Gasteiger partial charge on any atom is 0.227 e. The molecular formula is C18H19N3O2S. The molecule has 0 atom stereocenters. The van der Waals surface area contributed by atoms with Gasteiger partial charge < -0.3 is 20.5 Å². The number of nitrogens with one attached hydrogen (secondary N) is 2. The molecule has 1 heterocycles. The number of rotatable bonds is 7. The van der Waals surface area contributed by atoms with Gasteiger partial charge in [-0.3, -0.25) is 0 Å². The Morgan fingerprint density at radius 3 is 2.62 bits per heavy atom. The molecule has 0 spiro atoms. The van der Waals surface area contributed by atoms with Crippen LogP contribution in [0.2, 0.25) is 0 Å². The van der Waals surface area contributed by atoms with Crippen LogP contribution in [-0.4, -0.2) is 23.7 Å². The highest BCUT2D eigenvalue weighted by Crippen LogP contribution is 2.33. The number of aromatic hydroxyl groups is 1. The Balaban J connectivity index is 1.62. The van der Waals surface area contributed by atoms with E-state index < -0.39 is 0 Å². The van der Waals surface area contributed by atoms with Crippen LogP contribution in [0.25, 0.3) is 0 Å². The minimum Gasteiger partial charge on any atom is -0.495 e. The molecular weight excluding hydrogens is 322 g/mol. The third-order valence-corrected chi connectivity index (χ3v) is 4.50. The first-order valence-electron chi connectivity index (χ1n) is 7.64. The van der Waals surface area contributed by atoms with E-state index in [9.17, 15) is 5.11 Å². The van der Waals surface area contributed by atoms with Gasteiger partial charge in [0.05, 0.1) is 17.7 Å². The Morgan fingerprint density at radius 1 is 1.08 bits per heavy atom. The van der Waals surface area contributed by atoms with Crippen molar-refractivity contribution in [1.29, 1.82) is 0 Å². The lowest BCUT2D eigenvalue weighted by Crippen LogP contribution is -2.03. The summed E-state index contributed by atoms with van der Waals surface area (Å²) in [5, 5.41) is 17.2. The fourth-order valence-corrected chi connectivity index (χ4v) is 3.17. The summed E-state index contributed by atoms with van der Waals surface area (Å²) in [6.07, 6.45) is 0.700. The Labute approximate surface area is 145 Å². The van der Waals surface area contributed by atoms with Crippen molar-refractivity contribution in [3.8, 4) is 11.6 Å². The van der Waals surface area contributed by atoms with E-state index >= 15 is 0 Å². The number of thiazole rings is 1. The molecule has 3 aromatic rings. The molecule has 24 heavy (non-hydrogen) atoms. The molecule has 0 fully saturated rings. The van der Waals surface area contributed by atoms with Crippen LogP contribution in [0.4, 0.5) is 16.5 Å². The number of hydrogen-bond donors (Lipinski definition) is 3. The van der Waals surface area contributed by atoms with Crippen molar-refractivity contribution >= 4 is 27.8 Å². The maximum absolute atomic E-state index is 10.0. The van der Waals surface area contributed by atoms with Crippen molar-refractivity contribution < 1.29 is 9.84 Å². The fourth-order valence-electron chi connectivity index (χ4n) is 2.30. The number of aromatic nitrogens is 1. The average Bonchev–Trinajstić information content (AvgIpc) is 2.96. The van der Waals surface area contributed by atoms with Gasteiger partial charge in [-0.05, 0) is 24.3 Å². The van der Waals surface area contributed by atoms with E-state index in [0.717, 1.165) is 28.5 Å². The smallest absolute Gasteiger partial charge is 0.227 e. The Bertz CT molecular complexity index is 790. The molecule has 124 valence electrons. The van der Waals surface area contributed by atoms with Crippen molar-refractivity contribution in [2.45, 2.75) is 6.42 Å². The van der Waals surface area contributed by atoms with Crippen LogP contribution < -0.4 is 15.4 Å². The lowest BCUT2D eigenvalue weighted by atomic mass is 10.3. The molecule has 0 aliphatic rings. The van der Waals surface area contributed by atoms with E-state index in [4.69, 9.17) is 4.74 Å². The summed E-state index contributed by atoms with van der Waals surface area (Å²) in [6.45, 7) is 0.730. The Hall–Kier alpha value is -2.73. The Morgan fingerprint density at radius 2 is 1.83 bits per heavy atom. The molecule has 0 saturated carbocycles. The van der Waals surface area contributed by atoms with Crippen LogP contribution in [0, 0.1) is 0 Å². The highest BCUT2D eigenvalue weighted by molar-refractivity contribution is 7.15.